The quantitative estimate of drug-likeness (QED) is 0.736. The van der Waals surface area contributed by atoms with Crippen molar-refractivity contribution < 1.29 is 19.1 Å². The third-order valence-corrected chi connectivity index (χ3v) is 3.95. The van der Waals surface area contributed by atoms with Gasteiger partial charge >= 0.3 is 5.97 Å². The maximum atomic E-state index is 12.7. The van der Waals surface area contributed by atoms with Crippen LogP contribution in [0.3, 0.4) is 0 Å². The maximum Gasteiger partial charge on any atom is 0.325 e. The van der Waals surface area contributed by atoms with Crippen LogP contribution in [0.25, 0.3) is 0 Å². The van der Waals surface area contributed by atoms with E-state index >= 15 is 0 Å². The average molecular weight is 356 g/mol. The van der Waals surface area contributed by atoms with Gasteiger partial charge < -0.3 is 14.4 Å². The molecule has 21 heavy (non-hydrogen) atoms. The predicted octanol–water partition coefficient (Wildman–Crippen LogP) is 2.63. The summed E-state index contributed by atoms with van der Waals surface area (Å²) in [5.74, 6) is 0.0431. The topological polar surface area (TPSA) is 55.8 Å². The minimum atomic E-state index is -0.378. The first-order valence-corrected chi connectivity index (χ1v) is 7.66. The fourth-order valence-electron chi connectivity index (χ4n) is 2.05. The lowest BCUT2D eigenvalue weighted by Gasteiger charge is -2.22. The molecular weight excluding hydrogens is 338 g/mol. The van der Waals surface area contributed by atoms with E-state index in [0.717, 1.165) is 12.8 Å². The Labute approximate surface area is 132 Å². The summed E-state index contributed by atoms with van der Waals surface area (Å²) >= 11 is 3.38. The number of nitrogens with zero attached hydrogens (tertiary/aromatic N) is 1. The number of hydrogen-bond acceptors (Lipinski definition) is 4. The summed E-state index contributed by atoms with van der Waals surface area (Å²) in [4.78, 5) is 25.9. The molecule has 0 unspecified atom stereocenters. The van der Waals surface area contributed by atoms with E-state index in [4.69, 9.17) is 9.47 Å². The number of carbonyl (C=O) groups excluding carboxylic acids is 2. The van der Waals surface area contributed by atoms with Gasteiger partial charge in [-0.15, -0.1) is 0 Å². The van der Waals surface area contributed by atoms with Crippen molar-refractivity contribution in [2.45, 2.75) is 25.8 Å². The number of rotatable bonds is 6. The van der Waals surface area contributed by atoms with Crippen LogP contribution in [0.1, 0.15) is 30.1 Å². The molecule has 0 N–H and O–H groups in total. The Morgan fingerprint density at radius 2 is 2.10 bits per heavy atom. The largest absolute Gasteiger partial charge is 0.497 e. The molecule has 1 amide bonds. The van der Waals surface area contributed by atoms with Crippen molar-refractivity contribution in [1.82, 2.24) is 4.90 Å². The molecule has 0 aliphatic heterocycles. The highest BCUT2D eigenvalue weighted by Crippen LogP contribution is 2.31. The van der Waals surface area contributed by atoms with Crippen LogP contribution in [-0.2, 0) is 9.53 Å². The maximum absolute atomic E-state index is 12.7. The third-order valence-electron chi connectivity index (χ3n) is 3.26. The smallest absolute Gasteiger partial charge is 0.325 e. The molecule has 114 valence electrons. The van der Waals surface area contributed by atoms with Crippen molar-refractivity contribution in [3.63, 3.8) is 0 Å². The minimum Gasteiger partial charge on any atom is -0.497 e. The molecule has 1 aliphatic rings. The highest BCUT2D eigenvalue weighted by Gasteiger charge is 2.35. The lowest BCUT2D eigenvalue weighted by molar-refractivity contribution is -0.144. The molecule has 6 heteroatoms. The van der Waals surface area contributed by atoms with Crippen LogP contribution < -0.4 is 4.74 Å². The van der Waals surface area contributed by atoms with Gasteiger partial charge in [0.2, 0.25) is 0 Å². The Morgan fingerprint density at radius 1 is 1.38 bits per heavy atom. The average Bonchev–Trinajstić information content (AvgIpc) is 3.29. The molecule has 0 radical (unpaired) electrons. The van der Waals surface area contributed by atoms with E-state index in [0.29, 0.717) is 22.4 Å². The molecule has 1 aromatic rings. The van der Waals surface area contributed by atoms with Crippen molar-refractivity contribution in [3.05, 3.63) is 28.2 Å². The van der Waals surface area contributed by atoms with E-state index in [1.165, 1.54) is 0 Å². The number of hydrogen-bond donors (Lipinski definition) is 0. The van der Waals surface area contributed by atoms with Gasteiger partial charge in [-0.25, -0.2) is 0 Å². The van der Waals surface area contributed by atoms with Gasteiger partial charge in [0.05, 0.1) is 19.3 Å². The zero-order valence-corrected chi connectivity index (χ0v) is 13.7. The van der Waals surface area contributed by atoms with Crippen molar-refractivity contribution in [2.24, 2.45) is 0 Å². The number of benzene rings is 1. The summed E-state index contributed by atoms with van der Waals surface area (Å²) < 4.78 is 10.8. The SMILES string of the molecule is CCOC(=O)CN(C(=O)c1cc(OC)ccc1Br)C1CC1. The first-order chi connectivity index (χ1) is 10.1. The second-order valence-corrected chi connectivity index (χ2v) is 5.67. The molecule has 1 fully saturated rings. The van der Waals surface area contributed by atoms with Crippen molar-refractivity contribution in [3.8, 4) is 5.75 Å². The summed E-state index contributed by atoms with van der Waals surface area (Å²) in [6.07, 6.45) is 1.85. The van der Waals surface area contributed by atoms with Crippen LogP contribution in [0.2, 0.25) is 0 Å². The molecule has 5 nitrogen and oxygen atoms in total. The Balaban J connectivity index is 2.20. The summed E-state index contributed by atoms with van der Waals surface area (Å²) in [7, 11) is 1.55. The van der Waals surface area contributed by atoms with E-state index in [2.05, 4.69) is 15.9 Å². The van der Waals surface area contributed by atoms with Crippen LogP contribution in [0, 0.1) is 0 Å². The van der Waals surface area contributed by atoms with Gasteiger partial charge in [-0.1, -0.05) is 0 Å². The van der Waals surface area contributed by atoms with Crippen LogP contribution in [0.4, 0.5) is 0 Å². The lowest BCUT2D eigenvalue weighted by Crippen LogP contribution is -2.38. The summed E-state index contributed by atoms with van der Waals surface area (Å²) in [6, 6.07) is 5.34. The molecule has 0 bridgehead atoms. The van der Waals surface area contributed by atoms with Gasteiger partial charge in [0.25, 0.3) is 5.91 Å². The zero-order chi connectivity index (χ0) is 15.4. The number of carbonyl (C=O) groups is 2. The van der Waals surface area contributed by atoms with E-state index in [1.54, 1.807) is 37.1 Å². The van der Waals surface area contributed by atoms with E-state index in [-0.39, 0.29) is 24.5 Å². The molecular formula is C15H18BrNO4. The number of ether oxygens (including phenoxy) is 2. The Morgan fingerprint density at radius 3 is 2.67 bits per heavy atom. The third kappa shape index (κ3) is 3.97. The number of amides is 1. The fraction of sp³-hybridized carbons (Fsp3) is 0.467. The van der Waals surface area contributed by atoms with Crippen molar-refractivity contribution >= 4 is 27.8 Å². The number of methoxy groups -OCH3 is 1. The van der Waals surface area contributed by atoms with Crippen molar-refractivity contribution in [2.75, 3.05) is 20.3 Å². The molecule has 1 saturated carbocycles. The zero-order valence-electron chi connectivity index (χ0n) is 12.1. The number of halogens is 1. The fourth-order valence-corrected chi connectivity index (χ4v) is 2.46. The standard InChI is InChI=1S/C15H18BrNO4/c1-3-21-14(18)9-17(10-4-5-10)15(19)12-8-11(20-2)6-7-13(12)16/h6-8,10H,3-5,9H2,1-2H3. The second kappa shape index (κ2) is 6.93. The summed E-state index contributed by atoms with van der Waals surface area (Å²) in [5, 5.41) is 0. The molecule has 0 aromatic heterocycles. The van der Waals surface area contributed by atoms with Gasteiger partial charge in [0.15, 0.2) is 0 Å². The van der Waals surface area contributed by atoms with E-state index in [1.807, 2.05) is 0 Å². The minimum absolute atomic E-state index is 0.0129. The Bertz CT molecular complexity index is 542. The number of esters is 1. The predicted molar refractivity (Wildman–Crippen MR) is 81.4 cm³/mol. The normalized spacial score (nSPS) is 13.7. The summed E-state index contributed by atoms with van der Waals surface area (Å²) in [5.41, 5.74) is 0.491. The van der Waals surface area contributed by atoms with Gasteiger partial charge in [-0.2, -0.15) is 0 Å². The van der Waals surface area contributed by atoms with Crippen LogP contribution in [0.15, 0.2) is 22.7 Å². The first kappa shape index (κ1) is 15.8. The van der Waals surface area contributed by atoms with Crippen LogP contribution in [0.5, 0.6) is 5.75 Å². The monoisotopic (exact) mass is 355 g/mol. The van der Waals surface area contributed by atoms with Crippen molar-refractivity contribution in [1.29, 1.82) is 0 Å². The van der Waals surface area contributed by atoms with Gasteiger partial charge in [0, 0.05) is 10.5 Å². The second-order valence-electron chi connectivity index (χ2n) is 4.82. The van der Waals surface area contributed by atoms with E-state index in [9.17, 15) is 9.59 Å². The van der Waals surface area contributed by atoms with Crippen LogP contribution >= 0.6 is 15.9 Å². The highest BCUT2D eigenvalue weighted by molar-refractivity contribution is 9.10. The van der Waals surface area contributed by atoms with Gasteiger partial charge in [0.1, 0.15) is 12.3 Å². The lowest BCUT2D eigenvalue weighted by atomic mass is 10.2. The molecule has 1 aliphatic carbocycles. The molecule has 0 atom stereocenters. The Kier molecular flexibility index (Phi) is 5.22. The summed E-state index contributed by atoms with van der Waals surface area (Å²) in [6.45, 7) is 2.05. The van der Waals surface area contributed by atoms with Crippen LogP contribution in [-0.4, -0.2) is 43.1 Å². The molecule has 0 heterocycles. The Hall–Kier alpha value is -1.56. The first-order valence-electron chi connectivity index (χ1n) is 6.87. The highest BCUT2D eigenvalue weighted by atomic mass is 79.9. The van der Waals surface area contributed by atoms with E-state index < -0.39 is 0 Å². The molecule has 2 rings (SSSR count). The molecule has 1 aromatic carbocycles. The molecule has 0 saturated heterocycles. The van der Waals surface area contributed by atoms with Gasteiger partial charge in [-0.3, -0.25) is 9.59 Å². The van der Waals surface area contributed by atoms with Gasteiger partial charge in [-0.05, 0) is 53.9 Å². The molecule has 0 spiro atoms.